The summed E-state index contributed by atoms with van der Waals surface area (Å²) in [5.74, 6) is 0. The van der Waals surface area contributed by atoms with E-state index in [1.807, 2.05) is 6.07 Å². The first kappa shape index (κ1) is 9.40. The van der Waals surface area contributed by atoms with Crippen LogP contribution in [-0.2, 0) is 10.0 Å². The summed E-state index contributed by atoms with van der Waals surface area (Å²) in [5.41, 5.74) is 0. The van der Waals surface area contributed by atoms with Crippen molar-refractivity contribution in [3.8, 4) is 6.07 Å². The third kappa shape index (κ3) is 3.43. The number of hydrogen-bond donors (Lipinski definition) is 0. The molecule has 58 valence electrons. The van der Waals surface area contributed by atoms with Crippen LogP contribution in [0.1, 0.15) is 6.42 Å². The summed E-state index contributed by atoms with van der Waals surface area (Å²) in [6.07, 6.45) is 1.36. The third-order valence-electron chi connectivity index (χ3n) is 1.10. The molecule has 0 N–H and O–H groups in total. The molecule has 0 aliphatic carbocycles. The monoisotopic (exact) mass is 162 g/mol. The predicted molar refractivity (Wildman–Crippen MR) is 37.7 cm³/mol. The van der Waals surface area contributed by atoms with Crippen LogP contribution < -0.4 is 0 Å². The molecule has 0 fully saturated rings. The highest BCUT2D eigenvalue weighted by molar-refractivity contribution is 7.88. The minimum Gasteiger partial charge on any atom is -0.213 e. The molecular weight excluding hydrogens is 152 g/mol. The molecule has 0 radical (unpaired) electrons. The van der Waals surface area contributed by atoms with Gasteiger partial charge in [-0.05, 0) is 0 Å². The lowest BCUT2D eigenvalue weighted by atomic mass is 10.5. The Morgan fingerprint density at radius 1 is 1.60 bits per heavy atom. The molecule has 0 saturated carbocycles. The smallest absolute Gasteiger partial charge is 0.210 e. The maximum absolute atomic E-state index is 10.7. The second-order valence-corrected chi connectivity index (χ2v) is 4.08. The predicted octanol–water partition coefficient (Wildman–Crippen LogP) is -0.209. The Hall–Kier alpha value is -0.600. The first-order valence-electron chi connectivity index (χ1n) is 2.76. The standard InChI is InChI=1S/C5H10N2O2S/c1-7(5-3-4-6)10(2,8)9/h3,5H2,1-2H3. The van der Waals surface area contributed by atoms with Gasteiger partial charge >= 0.3 is 0 Å². The van der Waals surface area contributed by atoms with Crippen LogP contribution in [0, 0.1) is 11.3 Å². The van der Waals surface area contributed by atoms with Crippen molar-refractivity contribution in [3.63, 3.8) is 0 Å². The molecule has 0 bridgehead atoms. The van der Waals surface area contributed by atoms with Gasteiger partial charge in [-0.3, -0.25) is 0 Å². The molecule has 0 rings (SSSR count). The van der Waals surface area contributed by atoms with E-state index in [1.165, 1.54) is 7.05 Å². The van der Waals surface area contributed by atoms with Crippen molar-refractivity contribution in [1.29, 1.82) is 5.26 Å². The van der Waals surface area contributed by atoms with Crippen molar-refractivity contribution >= 4 is 10.0 Å². The zero-order valence-corrected chi connectivity index (χ0v) is 6.85. The van der Waals surface area contributed by atoms with Crippen molar-refractivity contribution < 1.29 is 8.42 Å². The largest absolute Gasteiger partial charge is 0.213 e. The van der Waals surface area contributed by atoms with Gasteiger partial charge in [0.2, 0.25) is 10.0 Å². The van der Waals surface area contributed by atoms with Gasteiger partial charge in [0.05, 0.1) is 12.3 Å². The summed E-state index contributed by atoms with van der Waals surface area (Å²) in [4.78, 5) is 0. The van der Waals surface area contributed by atoms with Crippen LogP contribution in [0.25, 0.3) is 0 Å². The maximum Gasteiger partial charge on any atom is 0.210 e. The van der Waals surface area contributed by atoms with Gasteiger partial charge in [-0.1, -0.05) is 0 Å². The first-order valence-corrected chi connectivity index (χ1v) is 4.61. The minimum absolute atomic E-state index is 0.240. The molecule has 10 heavy (non-hydrogen) atoms. The van der Waals surface area contributed by atoms with Crippen LogP contribution >= 0.6 is 0 Å². The van der Waals surface area contributed by atoms with E-state index in [9.17, 15) is 8.42 Å². The summed E-state index contributed by atoms with van der Waals surface area (Å²) in [7, 11) is -1.64. The lowest BCUT2D eigenvalue weighted by Crippen LogP contribution is -2.26. The molecule has 0 aliphatic rings. The number of nitrogens with zero attached hydrogens (tertiary/aromatic N) is 2. The Kier molecular flexibility index (Phi) is 3.33. The third-order valence-corrected chi connectivity index (χ3v) is 2.42. The molecule has 0 amide bonds. The van der Waals surface area contributed by atoms with E-state index in [1.54, 1.807) is 0 Å². The molecule has 0 atom stereocenters. The molecule has 5 heteroatoms. The molecule has 0 unspecified atom stereocenters. The number of hydrogen-bond acceptors (Lipinski definition) is 3. The van der Waals surface area contributed by atoms with Gasteiger partial charge in [0.15, 0.2) is 0 Å². The highest BCUT2D eigenvalue weighted by Gasteiger charge is 2.08. The van der Waals surface area contributed by atoms with Gasteiger partial charge in [-0.25, -0.2) is 12.7 Å². The Bertz CT molecular complexity index is 227. The van der Waals surface area contributed by atoms with E-state index in [0.717, 1.165) is 10.6 Å². The van der Waals surface area contributed by atoms with E-state index in [-0.39, 0.29) is 13.0 Å². The van der Waals surface area contributed by atoms with Crippen LogP contribution in [-0.4, -0.2) is 32.6 Å². The molecule has 0 aliphatic heterocycles. The Morgan fingerprint density at radius 3 is 2.40 bits per heavy atom. The molecule has 0 aromatic rings. The van der Waals surface area contributed by atoms with Crippen molar-refractivity contribution in [1.82, 2.24) is 4.31 Å². The fourth-order valence-corrected chi connectivity index (χ4v) is 0.796. The molecule has 0 spiro atoms. The zero-order chi connectivity index (χ0) is 8.20. The van der Waals surface area contributed by atoms with E-state index < -0.39 is 10.0 Å². The Labute approximate surface area is 61.1 Å². The van der Waals surface area contributed by atoms with Crippen LogP contribution in [0.4, 0.5) is 0 Å². The second-order valence-electron chi connectivity index (χ2n) is 1.99. The van der Waals surface area contributed by atoms with Crippen molar-refractivity contribution in [3.05, 3.63) is 0 Å². The van der Waals surface area contributed by atoms with Gasteiger partial charge in [-0.2, -0.15) is 5.26 Å². The van der Waals surface area contributed by atoms with Crippen molar-refractivity contribution in [2.24, 2.45) is 0 Å². The van der Waals surface area contributed by atoms with Crippen LogP contribution in [0.5, 0.6) is 0 Å². The highest BCUT2D eigenvalue weighted by atomic mass is 32.2. The second kappa shape index (κ2) is 3.54. The molecule has 4 nitrogen and oxygen atoms in total. The van der Waals surface area contributed by atoms with Crippen molar-refractivity contribution in [2.75, 3.05) is 19.8 Å². The Morgan fingerprint density at radius 2 is 2.10 bits per heavy atom. The number of nitriles is 1. The Balaban J connectivity index is 3.90. The molecular formula is C5H10N2O2S. The maximum atomic E-state index is 10.7. The molecule has 0 heterocycles. The highest BCUT2D eigenvalue weighted by Crippen LogP contribution is 1.92. The van der Waals surface area contributed by atoms with Gasteiger partial charge < -0.3 is 0 Å². The van der Waals surface area contributed by atoms with E-state index >= 15 is 0 Å². The summed E-state index contributed by atoms with van der Waals surface area (Å²) in [6, 6.07) is 1.86. The van der Waals surface area contributed by atoms with Crippen LogP contribution in [0.2, 0.25) is 0 Å². The summed E-state index contributed by atoms with van der Waals surface area (Å²) in [5, 5.41) is 8.11. The zero-order valence-electron chi connectivity index (χ0n) is 6.03. The van der Waals surface area contributed by atoms with E-state index in [4.69, 9.17) is 5.26 Å². The van der Waals surface area contributed by atoms with E-state index in [2.05, 4.69) is 0 Å². The minimum atomic E-state index is -3.09. The molecule has 0 aromatic heterocycles. The number of rotatable bonds is 3. The van der Waals surface area contributed by atoms with Gasteiger partial charge in [0.1, 0.15) is 0 Å². The molecule has 0 aromatic carbocycles. The fraction of sp³-hybridized carbons (Fsp3) is 0.800. The van der Waals surface area contributed by atoms with Crippen LogP contribution in [0.15, 0.2) is 0 Å². The van der Waals surface area contributed by atoms with E-state index in [0.29, 0.717) is 0 Å². The fourth-order valence-electron chi connectivity index (χ4n) is 0.373. The van der Waals surface area contributed by atoms with Crippen LogP contribution in [0.3, 0.4) is 0 Å². The average Bonchev–Trinajstić information content (AvgIpc) is 1.80. The first-order chi connectivity index (χ1) is 4.48. The van der Waals surface area contributed by atoms with Gasteiger partial charge in [0.25, 0.3) is 0 Å². The summed E-state index contributed by atoms with van der Waals surface area (Å²) >= 11 is 0. The lowest BCUT2D eigenvalue weighted by Gasteiger charge is -2.10. The molecule has 0 saturated heterocycles. The summed E-state index contributed by atoms with van der Waals surface area (Å²) in [6.45, 7) is 0.273. The van der Waals surface area contributed by atoms with Gasteiger partial charge in [0, 0.05) is 20.0 Å². The average molecular weight is 162 g/mol. The van der Waals surface area contributed by atoms with Gasteiger partial charge in [-0.15, -0.1) is 0 Å². The SMILES string of the molecule is CN(CCC#N)S(C)(=O)=O. The number of sulfonamides is 1. The quantitative estimate of drug-likeness (QED) is 0.577. The summed E-state index contributed by atoms with van der Waals surface area (Å²) < 4.78 is 22.5. The normalized spacial score (nSPS) is 11.4. The topological polar surface area (TPSA) is 61.2 Å². The lowest BCUT2D eigenvalue weighted by molar-refractivity contribution is 0.482. The van der Waals surface area contributed by atoms with Crippen molar-refractivity contribution in [2.45, 2.75) is 6.42 Å².